The molecular weight excluding hydrogens is 250 g/mol. The van der Waals surface area contributed by atoms with Gasteiger partial charge in [-0.3, -0.25) is 5.10 Å². The van der Waals surface area contributed by atoms with E-state index in [1.54, 1.807) is 7.11 Å². The van der Waals surface area contributed by atoms with Gasteiger partial charge >= 0.3 is 0 Å². The molecule has 4 nitrogen and oxygen atoms in total. The molecule has 1 aromatic carbocycles. The van der Waals surface area contributed by atoms with Gasteiger partial charge in [0.1, 0.15) is 5.75 Å². The van der Waals surface area contributed by atoms with Crippen LogP contribution < -0.4 is 10.5 Å². The predicted octanol–water partition coefficient (Wildman–Crippen LogP) is 2.81. The van der Waals surface area contributed by atoms with Crippen LogP contribution >= 0.6 is 11.6 Å². The van der Waals surface area contributed by atoms with Crippen LogP contribution in [0.25, 0.3) is 11.3 Å². The summed E-state index contributed by atoms with van der Waals surface area (Å²) in [7, 11) is 1.64. The van der Waals surface area contributed by atoms with Crippen LogP contribution in [0.2, 0.25) is 5.02 Å². The number of rotatable bonds is 3. The lowest BCUT2D eigenvalue weighted by Gasteiger charge is -2.11. The number of nitrogens with two attached hydrogens (primary N) is 1. The van der Waals surface area contributed by atoms with Crippen LogP contribution in [0.5, 0.6) is 5.75 Å². The number of hydrogen-bond acceptors (Lipinski definition) is 3. The van der Waals surface area contributed by atoms with Crippen molar-refractivity contribution in [2.45, 2.75) is 20.4 Å². The summed E-state index contributed by atoms with van der Waals surface area (Å²) in [6.07, 6.45) is 0. The average molecular weight is 266 g/mol. The fraction of sp³-hybridized carbons (Fsp3) is 0.308. The van der Waals surface area contributed by atoms with Crippen LogP contribution in [0.1, 0.15) is 16.8 Å². The minimum absolute atomic E-state index is 0.431. The molecule has 0 spiro atoms. The van der Waals surface area contributed by atoms with Gasteiger partial charge in [-0.1, -0.05) is 11.6 Å². The van der Waals surface area contributed by atoms with E-state index in [-0.39, 0.29) is 0 Å². The second kappa shape index (κ2) is 5.00. The average Bonchev–Trinajstić information content (AvgIpc) is 2.69. The van der Waals surface area contributed by atoms with Gasteiger partial charge in [0.15, 0.2) is 0 Å². The Bertz CT molecular complexity index is 578. The zero-order valence-electron chi connectivity index (χ0n) is 10.7. The third-order valence-corrected chi connectivity index (χ3v) is 3.23. The first-order chi connectivity index (χ1) is 8.58. The summed E-state index contributed by atoms with van der Waals surface area (Å²) < 4.78 is 5.44. The molecule has 96 valence electrons. The van der Waals surface area contributed by atoms with E-state index in [4.69, 9.17) is 22.1 Å². The monoisotopic (exact) mass is 265 g/mol. The quantitative estimate of drug-likeness (QED) is 0.897. The zero-order chi connectivity index (χ0) is 13.3. The predicted molar refractivity (Wildman–Crippen MR) is 73.0 cm³/mol. The van der Waals surface area contributed by atoms with Gasteiger partial charge in [0.05, 0.1) is 18.5 Å². The number of halogens is 1. The number of nitrogens with zero attached hydrogens (tertiary/aromatic N) is 1. The van der Waals surface area contributed by atoms with Crippen LogP contribution in [0.4, 0.5) is 0 Å². The molecule has 0 fully saturated rings. The van der Waals surface area contributed by atoms with E-state index in [9.17, 15) is 0 Å². The number of benzene rings is 1. The Balaban J connectivity index is 2.66. The van der Waals surface area contributed by atoms with Crippen LogP contribution in [0, 0.1) is 13.8 Å². The van der Waals surface area contributed by atoms with E-state index in [0.29, 0.717) is 11.6 Å². The van der Waals surface area contributed by atoms with Crippen molar-refractivity contribution < 1.29 is 4.74 Å². The Hall–Kier alpha value is -1.52. The lowest BCUT2D eigenvalue weighted by molar-refractivity contribution is 0.413. The molecule has 0 unspecified atom stereocenters. The van der Waals surface area contributed by atoms with Crippen LogP contribution in [-0.4, -0.2) is 17.3 Å². The molecule has 1 heterocycles. The molecule has 0 aliphatic heterocycles. The van der Waals surface area contributed by atoms with Crippen molar-refractivity contribution in [1.82, 2.24) is 10.2 Å². The summed E-state index contributed by atoms with van der Waals surface area (Å²) in [4.78, 5) is 0. The Morgan fingerprint density at radius 1 is 1.39 bits per heavy atom. The fourth-order valence-electron chi connectivity index (χ4n) is 2.07. The summed E-state index contributed by atoms with van der Waals surface area (Å²) >= 11 is 6.10. The Labute approximate surface area is 111 Å². The minimum Gasteiger partial charge on any atom is -0.496 e. The molecule has 0 saturated heterocycles. The van der Waals surface area contributed by atoms with Gasteiger partial charge in [-0.25, -0.2) is 0 Å². The molecule has 18 heavy (non-hydrogen) atoms. The van der Waals surface area contributed by atoms with Gasteiger partial charge < -0.3 is 10.5 Å². The Kier molecular flexibility index (Phi) is 3.59. The second-order valence-electron chi connectivity index (χ2n) is 4.18. The Morgan fingerprint density at radius 3 is 2.67 bits per heavy atom. The fourth-order valence-corrected chi connectivity index (χ4v) is 2.34. The third-order valence-electron chi connectivity index (χ3n) is 3.01. The molecule has 2 rings (SSSR count). The van der Waals surface area contributed by atoms with Gasteiger partial charge in [0.2, 0.25) is 0 Å². The van der Waals surface area contributed by atoms with Crippen molar-refractivity contribution in [3.05, 3.63) is 34.0 Å². The first-order valence-corrected chi connectivity index (χ1v) is 6.04. The highest BCUT2D eigenvalue weighted by atomic mass is 35.5. The number of aromatic nitrogens is 2. The zero-order valence-corrected chi connectivity index (χ0v) is 11.4. The van der Waals surface area contributed by atoms with Gasteiger partial charge in [-0.05, 0) is 37.1 Å². The SMILES string of the molecule is COc1c(C)cc(Cl)cc1-c1n[nH]c(CN)c1C. The molecule has 0 saturated carbocycles. The molecule has 1 aromatic heterocycles. The van der Waals surface area contributed by atoms with Crippen molar-refractivity contribution >= 4 is 11.6 Å². The molecule has 0 aliphatic carbocycles. The van der Waals surface area contributed by atoms with E-state index >= 15 is 0 Å². The van der Waals surface area contributed by atoms with Crippen molar-refractivity contribution in [3.8, 4) is 17.0 Å². The number of nitrogens with one attached hydrogen (secondary N) is 1. The van der Waals surface area contributed by atoms with E-state index in [1.165, 1.54) is 0 Å². The molecule has 0 radical (unpaired) electrons. The van der Waals surface area contributed by atoms with E-state index < -0.39 is 0 Å². The first-order valence-electron chi connectivity index (χ1n) is 5.67. The molecule has 3 N–H and O–H groups in total. The summed E-state index contributed by atoms with van der Waals surface area (Å²) in [5, 5.41) is 7.91. The largest absolute Gasteiger partial charge is 0.496 e. The van der Waals surface area contributed by atoms with E-state index in [1.807, 2.05) is 26.0 Å². The van der Waals surface area contributed by atoms with E-state index in [2.05, 4.69) is 10.2 Å². The molecule has 0 atom stereocenters. The number of ether oxygens (including phenoxy) is 1. The van der Waals surface area contributed by atoms with Gasteiger partial charge in [-0.2, -0.15) is 5.10 Å². The highest BCUT2D eigenvalue weighted by Crippen LogP contribution is 2.36. The second-order valence-corrected chi connectivity index (χ2v) is 4.62. The number of aryl methyl sites for hydroxylation is 1. The van der Waals surface area contributed by atoms with E-state index in [0.717, 1.165) is 33.8 Å². The van der Waals surface area contributed by atoms with Crippen molar-refractivity contribution in [1.29, 1.82) is 0 Å². The minimum atomic E-state index is 0.431. The highest BCUT2D eigenvalue weighted by molar-refractivity contribution is 6.31. The van der Waals surface area contributed by atoms with Gasteiger partial charge in [0.25, 0.3) is 0 Å². The molecule has 5 heteroatoms. The maximum absolute atomic E-state index is 6.10. The topological polar surface area (TPSA) is 63.9 Å². The van der Waals surface area contributed by atoms with Crippen LogP contribution in [-0.2, 0) is 6.54 Å². The summed E-state index contributed by atoms with van der Waals surface area (Å²) in [5.74, 6) is 0.789. The van der Waals surface area contributed by atoms with Crippen molar-refractivity contribution in [2.24, 2.45) is 5.73 Å². The van der Waals surface area contributed by atoms with Crippen LogP contribution in [0.3, 0.4) is 0 Å². The molecule has 0 amide bonds. The molecular formula is C13H16ClN3O. The third kappa shape index (κ3) is 2.09. The van der Waals surface area contributed by atoms with Crippen molar-refractivity contribution in [2.75, 3.05) is 7.11 Å². The summed E-state index contributed by atoms with van der Waals surface area (Å²) in [5.41, 5.74) is 10.3. The number of H-pyrrole nitrogens is 1. The van der Waals surface area contributed by atoms with Gasteiger partial charge in [-0.15, -0.1) is 0 Å². The maximum Gasteiger partial charge on any atom is 0.131 e. The van der Waals surface area contributed by atoms with Crippen molar-refractivity contribution in [3.63, 3.8) is 0 Å². The number of methoxy groups -OCH3 is 1. The number of hydrogen-bond donors (Lipinski definition) is 2. The first kappa shape index (κ1) is 12.9. The summed E-state index contributed by atoms with van der Waals surface area (Å²) in [6, 6.07) is 3.73. The Morgan fingerprint density at radius 2 is 2.11 bits per heavy atom. The normalized spacial score (nSPS) is 10.7. The standard InChI is InChI=1S/C13H16ClN3O/c1-7-4-9(14)5-10(13(7)18-3)12-8(2)11(6-15)16-17-12/h4-5H,6,15H2,1-3H3,(H,16,17). The smallest absolute Gasteiger partial charge is 0.131 e. The lowest BCUT2D eigenvalue weighted by Crippen LogP contribution is -1.98. The number of aromatic amines is 1. The molecule has 0 aliphatic rings. The summed E-state index contributed by atoms with van der Waals surface area (Å²) in [6.45, 7) is 4.37. The molecule has 0 bridgehead atoms. The maximum atomic E-state index is 6.10. The highest BCUT2D eigenvalue weighted by Gasteiger charge is 2.16. The van der Waals surface area contributed by atoms with Crippen LogP contribution in [0.15, 0.2) is 12.1 Å². The molecule has 2 aromatic rings. The lowest BCUT2D eigenvalue weighted by atomic mass is 10.0. The van der Waals surface area contributed by atoms with Gasteiger partial charge in [0, 0.05) is 17.1 Å².